The molecule has 0 aliphatic carbocycles. The van der Waals surface area contributed by atoms with Gasteiger partial charge in [0.25, 0.3) is 0 Å². The van der Waals surface area contributed by atoms with Gasteiger partial charge in [0, 0.05) is 0 Å². The number of rotatable bonds is 2. The van der Waals surface area contributed by atoms with Gasteiger partial charge in [-0.25, -0.2) is 13.2 Å². The highest BCUT2D eigenvalue weighted by atomic mass is 35.5. The lowest BCUT2D eigenvalue weighted by Crippen LogP contribution is -2.02. The Morgan fingerprint density at radius 2 is 1.78 bits per heavy atom. The Morgan fingerprint density at radius 3 is 2.50 bits per heavy atom. The highest BCUT2D eigenvalue weighted by Gasteiger charge is 2.13. The minimum atomic E-state index is -1.14. The van der Waals surface area contributed by atoms with Crippen LogP contribution >= 0.6 is 11.6 Å². The average Bonchev–Trinajstić information content (AvgIpc) is 2.34. The molecule has 0 amide bonds. The van der Waals surface area contributed by atoms with E-state index in [-0.39, 0.29) is 22.1 Å². The third-order valence-corrected chi connectivity index (χ3v) is 2.64. The van der Waals surface area contributed by atoms with E-state index < -0.39 is 17.5 Å². The largest absolute Gasteiger partial charge is 0.397 e. The Morgan fingerprint density at radius 1 is 1.06 bits per heavy atom. The molecule has 2 nitrogen and oxygen atoms in total. The number of halogens is 4. The number of nitrogens with two attached hydrogens (primary N) is 1. The first kappa shape index (κ1) is 12.6. The summed E-state index contributed by atoms with van der Waals surface area (Å²) in [7, 11) is 0. The van der Waals surface area contributed by atoms with Crippen LogP contribution in [-0.4, -0.2) is 0 Å². The van der Waals surface area contributed by atoms with E-state index in [1.165, 1.54) is 12.1 Å². The van der Waals surface area contributed by atoms with Crippen LogP contribution in [0.3, 0.4) is 0 Å². The van der Waals surface area contributed by atoms with Crippen LogP contribution in [0.5, 0.6) is 0 Å². The highest BCUT2D eigenvalue weighted by Crippen LogP contribution is 2.31. The maximum Gasteiger partial charge on any atom is 0.184 e. The summed E-state index contributed by atoms with van der Waals surface area (Å²) in [5.41, 5.74) is 5.34. The SMILES string of the molecule is Nc1ccc(F)c(F)c1Nc1cc(F)ccc1Cl. The van der Waals surface area contributed by atoms with E-state index in [1.807, 2.05) is 0 Å². The Kier molecular flexibility index (Phi) is 3.34. The van der Waals surface area contributed by atoms with E-state index >= 15 is 0 Å². The Hall–Kier alpha value is -1.88. The Balaban J connectivity index is 2.46. The maximum atomic E-state index is 13.5. The van der Waals surface area contributed by atoms with Crippen molar-refractivity contribution >= 4 is 28.7 Å². The molecule has 6 heteroatoms. The molecule has 0 saturated carbocycles. The molecule has 0 spiro atoms. The normalized spacial score (nSPS) is 10.4. The van der Waals surface area contributed by atoms with Gasteiger partial charge >= 0.3 is 0 Å². The third kappa shape index (κ3) is 2.36. The molecule has 0 aromatic heterocycles. The minimum absolute atomic E-state index is 0.00534. The molecule has 0 fully saturated rings. The molecule has 3 N–H and O–H groups in total. The van der Waals surface area contributed by atoms with Crippen LogP contribution in [0.15, 0.2) is 30.3 Å². The molecule has 0 atom stereocenters. The second-order valence-electron chi connectivity index (χ2n) is 3.57. The van der Waals surface area contributed by atoms with Crippen LogP contribution in [0.2, 0.25) is 5.02 Å². The first-order valence-electron chi connectivity index (χ1n) is 4.94. The van der Waals surface area contributed by atoms with Crippen LogP contribution in [0.25, 0.3) is 0 Å². The molecular weight excluding hydrogens is 265 g/mol. The predicted octanol–water partition coefficient (Wildman–Crippen LogP) is 4.08. The fraction of sp³-hybridized carbons (Fsp3) is 0. The monoisotopic (exact) mass is 272 g/mol. The lowest BCUT2D eigenvalue weighted by Gasteiger charge is -2.12. The summed E-state index contributed by atoms with van der Waals surface area (Å²) in [5.74, 6) is -2.76. The fourth-order valence-corrected chi connectivity index (χ4v) is 1.59. The zero-order chi connectivity index (χ0) is 13.3. The van der Waals surface area contributed by atoms with Crippen molar-refractivity contribution < 1.29 is 13.2 Å². The Bertz CT molecular complexity index is 602. The number of hydrogen-bond donors (Lipinski definition) is 2. The van der Waals surface area contributed by atoms with Crippen molar-refractivity contribution in [3.8, 4) is 0 Å². The van der Waals surface area contributed by atoms with Crippen LogP contribution in [-0.2, 0) is 0 Å². The molecule has 94 valence electrons. The van der Waals surface area contributed by atoms with Crippen molar-refractivity contribution in [2.45, 2.75) is 0 Å². The van der Waals surface area contributed by atoms with Gasteiger partial charge in [0.2, 0.25) is 0 Å². The summed E-state index contributed by atoms with van der Waals surface area (Å²) >= 11 is 5.80. The molecule has 2 aromatic carbocycles. The Labute approximate surface area is 106 Å². The van der Waals surface area contributed by atoms with Crippen molar-refractivity contribution in [2.24, 2.45) is 0 Å². The van der Waals surface area contributed by atoms with Gasteiger partial charge in [-0.3, -0.25) is 0 Å². The zero-order valence-corrected chi connectivity index (χ0v) is 9.73. The van der Waals surface area contributed by atoms with Gasteiger partial charge in [0.1, 0.15) is 11.5 Å². The molecule has 0 aliphatic heterocycles. The summed E-state index contributed by atoms with van der Waals surface area (Å²) in [4.78, 5) is 0. The van der Waals surface area contributed by atoms with Crippen molar-refractivity contribution in [2.75, 3.05) is 11.1 Å². The first-order chi connectivity index (χ1) is 8.49. The van der Waals surface area contributed by atoms with E-state index in [0.717, 1.165) is 18.2 Å². The summed E-state index contributed by atoms with van der Waals surface area (Å²) in [6.45, 7) is 0. The van der Waals surface area contributed by atoms with Crippen LogP contribution in [0, 0.1) is 17.5 Å². The number of hydrogen-bond acceptors (Lipinski definition) is 2. The van der Waals surface area contributed by atoms with Gasteiger partial charge in [-0.2, -0.15) is 0 Å². The zero-order valence-electron chi connectivity index (χ0n) is 8.98. The first-order valence-corrected chi connectivity index (χ1v) is 5.32. The molecule has 2 rings (SSSR count). The number of nitrogen functional groups attached to an aromatic ring is 1. The topological polar surface area (TPSA) is 38.0 Å². The smallest absolute Gasteiger partial charge is 0.184 e. The van der Waals surface area contributed by atoms with Gasteiger partial charge in [0.15, 0.2) is 11.6 Å². The molecule has 0 unspecified atom stereocenters. The van der Waals surface area contributed by atoms with E-state index in [9.17, 15) is 13.2 Å². The minimum Gasteiger partial charge on any atom is -0.397 e. The van der Waals surface area contributed by atoms with Crippen molar-refractivity contribution in [3.05, 3.63) is 52.8 Å². The standard InChI is InChI=1S/C12H8ClF3N2/c13-7-2-1-6(14)5-10(7)18-12-9(17)4-3-8(15)11(12)16/h1-5,18H,17H2. The van der Waals surface area contributed by atoms with Gasteiger partial charge in [-0.15, -0.1) is 0 Å². The van der Waals surface area contributed by atoms with Gasteiger partial charge in [-0.1, -0.05) is 11.6 Å². The summed E-state index contributed by atoms with van der Waals surface area (Å²) in [6, 6.07) is 5.62. The summed E-state index contributed by atoms with van der Waals surface area (Å²) < 4.78 is 39.6. The van der Waals surface area contributed by atoms with Crippen molar-refractivity contribution in [1.29, 1.82) is 0 Å². The molecule has 2 aromatic rings. The third-order valence-electron chi connectivity index (χ3n) is 2.32. The second kappa shape index (κ2) is 4.78. The summed E-state index contributed by atoms with van der Waals surface area (Å²) in [6.07, 6.45) is 0. The van der Waals surface area contributed by atoms with Crippen molar-refractivity contribution in [3.63, 3.8) is 0 Å². The van der Waals surface area contributed by atoms with Crippen molar-refractivity contribution in [1.82, 2.24) is 0 Å². The molecule has 0 bridgehead atoms. The van der Waals surface area contributed by atoms with Gasteiger partial charge in [-0.05, 0) is 30.3 Å². The molecular formula is C12H8ClF3N2. The number of nitrogens with one attached hydrogen (secondary N) is 1. The number of benzene rings is 2. The molecule has 0 aliphatic rings. The molecule has 0 heterocycles. The predicted molar refractivity (Wildman–Crippen MR) is 65.5 cm³/mol. The molecule has 18 heavy (non-hydrogen) atoms. The van der Waals surface area contributed by atoms with E-state index in [2.05, 4.69) is 5.32 Å². The molecule has 0 saturated heterocycles. The van der Waals surface area contributed by atoms with Gasteiger partial charge in [0.05, 0.1) is 16.4 Å². The number of anilines is 3. The quantitative estimate of drug-likeness (QED) is 0.808. The summed E-state index contributed by atoms with van der Waals surface area (Å²) in [5, 5.41) is 2.64. The lowest BCUT2D eigenvalue weighted by molar-refractivity contribution is 0.512. The van der Waals surface area contributed by atoms with Gasteiger partial charge < -0.3 is 11.1 Å². The fourth-order valence-electron chi connectivity index (χ4n) is 1.42. The lowest BCUT2D eigenvalue weighted by atomic mass is 10.2. The van der Waals surface area contributed by atoms with E-state index in [0.29, 0.717) is 0 Å². The van der Waals surface area contributed by atoms with Crippen LogP contribution < -0.4 is 11.1 Å². The van der Waals surface area contributed by atoms with E-state index in [1.54, 1.807) is 0 Å². The maximum absolute atomic E-state index is 13.5. The van der Waals surface area contributed by atoms with Crippen LogP contribution in [0.1, 0.15) is 0 Å². The average molecular weight is 273 g/mol. The molecule has 0 radical (unpaired) electrons. The highest BCUT2D eigenvalue weighted by molar-refractivity contribution is 6.33. The van der Waals surface area contributed by atoms with E-state index in [4.69, 9.17) is 17.3 Å². The van der Waals surface area contributed by atoms with Crippen LogP contribution in [0.4, 0.5) is 30.2 Å². The second-order valence-corrected chi connectivity index (χ2v) is 3.98.